The molecule has 0 aliphatic carbocycles. The highest BCUT2D eigenvalue weighted by atomic mass is 35.5. The van der Waals surface area contributed by atoms with Crippen molar-refractivity contribution < 1.29 is 18.0 Å². The van der Waals surface area contributed by atoms with Gasteiger partial charge in [0, 0.05) is 33.5 Å². The first-order valence-electron chi connectivity index (χ1n) is 8.65. The van der Waals surface area contributed by atoms with Crippen molar-refractivity contribution in [3.63, 3.8) is 0 Å². The van der Waals surface area contributed by atoms with Gasteiger partial charge in [-0.25, -0.2) is 13.2 Å². The molecule has 0 saturated carbocycles. The van der Waals surface area contributed by atoms with Crippen LogP contribution in [-0.4, -0.2) is 11.2 Å². The van der Waals surface area contributed by atoms with Gasteiger partial charge in [0.05, 0.1) is 5.02 Å². The van der Waals surface area contributed by atoms with E-state index in [1.165, 1.54) is 6.07 Å². The second-order valence-corrected chi connectivity index (χ2v) is 8.27. The Kier molecular flexibility index (Phi) is 7.62. The van der Waals surface area contributed by atoms with Gasteiger partial charge in [-0.15, -0.1) is 11.8 Å². The topological polar surface area (TPSA) is 29.1 Å². The van der Waals surface area contributed by atoms with Crippen molar-refractivity contribution in [3.8, 4) is 0 Å². The fourth-order valence-corrected chi connectivity index (χ4v) is 3.97. The number of benzene rings is 2. The van der Waals surface area contributed by atoms with Gasteiger partial charge in [0.15, 0.2) is 17.5 Å². The van der Waals surface area contributed by atoms with Gasteiger partial charge in [0.25, 0.3) is 5.91 Å². The van der Waals surface area contributed by atoms with Gasteiger partial charge in [-0.05, 0) is 30.5 Å². The number of carbonyl (C=O) groups is 1. The molecule has 27 heavy (non-hydrogen) atoms. The maximum absolute atomic E-state index is 13.3. The third-order valence-electron chi connectivity index (χ3n) is 4.29. The maximum Gasteiger partial charge on any atom is 0.255 e. The molecule has 0 spiro atoms. The Morgan fingerprint density at radius 1 is 1.15 bits per heavy atom. The standard InChI is InChI=1S/C20H21ClF3NOS/c1-4-5-11(2)12(3)27-18-8-13(6-7-15(18)21)20(26)25-14-9-16(22)19(24)17(23)10-14/h6-12H,4-5H2,1-3H3,(H,25,26). The first kappa shape index (κ1) is 21.6. The first-order valence-corrected chi connectivity index (χ1v) is 9.90. The Hall–Kier alpha value is -1.66. The fraction of sp³-hybridized carbons (Fsp3) is 0.350. The molecular weight excluding hydrogens is 395 g/mol. The van der Waals surface area contributed by atoms with Crippen molar-refractivity contribution in [1.29, 1.82) is 0 Å². The molecule has 146 valence electrons. The summed E-state index contributed by atoms with van der Waals surface area (Å²) in [7, 11) is 0. The van der Waals surface area contributed by atoms with Crippen LogP contribution in [0.2, 0.25) is 5.02 Å². The van der Waals surface area contributed by atoms with Crippen LogP contribution >= 0.6 is 23.4 Å². The summed E-state index contributed by atoms with van der Waals surface area (Å²) in [6.45, 7) is 6.41. The van der Waals surface area contributed by atoms with E-state index in [-0.39, 0.29) is 5.69 Å². The monoisotopic (exact) mass is 415 g/mol. The molecule has 2 aromatic carbocycles. The zero-order valence-corrected chi connectivity index (χ0v) is 16.9. The molecule has 0 fully saturated rings. The fourth-order valence-electron chi connectivity index (χ4n) is 2.57. The lowest BCUT2D eigenvalue weighted by atomic mass is 10.0. The number of amides is 1. The van der Waals surface area contributed by atoms with E-state index < -0.39 is 23.4 Å². The van der Waals surface area contributed by atoms with Crippen LogP contribution in [0.4, 0.5) is 18.9 Å². The third kappa shape index (κ3) is 5.66. The van der Waals surface area contributed by atoms with Crippen molar-refractivity contribution in [2.45, 2.75) is 43.8 Å². The van der Waals surface area contributed by atoms with Crippen LogP contribution < -0.4 is 5.32 Å². The smallest absolute Gasteiger partial charge is 0.255 e. The molecule has 0 aliphatic rings. The Morgan fingerprint density at radius 2 is 1.78 bits per heavy atom. The van der Waals surface area contributed by atoms with Crippen LogP contribution in [0.3, 0.4) is 0 Å². The summed E-state index contributed by atoms with van der Waals surface area (Å²) in [5, 5.41) is 3.21. The second-order valence-electron chi connectivity index (χ2n) is 6.44. The van der Waals surface area contributed by atoms with Crippen LogP contribution in [0.25, 0.3) is 0 Å². The molecule has 0 heterocycles. The van der Waals surface area contributed by atoms with Gasteiger partial charge in [-0.2, -0.15) is 0 Å². The molecule has 2 aromatic rings. The predicted molar refractivity (Wildman–Crippen MR) is 105 cm³/mol. The van der Waals surface area contributed by atoms with E-state index in [2.05, 4.69) is 26.1 Å². The summed E-state index contributed by atoms with van der Waals surface area (Å²) in [5.41, 5.74) is 0.132. The lowest BCUT2D eigenvalue weighted by molar-refractivity contribution is 0.102. The van der Waals surface area contributed by atoms with E-state index in [1.54, 1.807) is 23.9 Å². The Labute approximate surface area is 166 Å². The van der Waals surface area contributed by atoms with Crippen LogP contribution in [0.5, 0.6) is 0 Å². The van der Waals surface area contributed by atoms with E-state index in [0.717, 1.165) is 29.9 Å². The van der Waals surface area contributed by atoms with E-state index in [1.807, 2.05) is 0 Å². The summed E-state index contributed by atoms with van der Waals surface area (Å²) in [6, 6.07) is 6.25. The normalized spacial score (nSPS) is 13.3. The lowest BCUT2D eigenvalue weighted by Crippen LogP contribution is -2.13. The predicted octanol–water partition coefficient (Wildman–Crippen LogP) is 6.93. The van der Waals surface area contributed by atoms with Gasteiger partial charge in [0.1, 0.15) is 0 Å². The van der Waals surface area contributed by atoms with Crippen molar-refractivity contribution >= 4 is 35.0 Å². The average molecular weight is 416 g/mol. The van der Waals surface area contributed by atoms with E-state index in [4.69, 9.17) is 11.6 Å². The Balaban J connectivity index is 2.18. The number of anilines is 1. The molecule has 1 amide bonds. The number of thioether (sulfide) groups is 1. The molecule has 2 unspecified atom stereocenters. The quantitative estimate of drug-likeness (QED) is 0.392. The minimum Gasteiger partial charge on any atom is -0.322 e. The summed E-state index contributed by atoms with van der Waals surface area (Å²) < 4.78 is 39.6. The molecular formula is C20H21ClF3NOS. The number of hydrogen-bond acceptors (Lipinski definition) is 2. The van der Waals surface area contributed by atoms with Crippen molar-refractivity contribution in [2.75, 3.05) is 5.32 Å². The molecule has 2 rings (SSSR count). The lowest BCUT2D eigenvalue weighted by Gasteiger charge is -2.19. The van der Waals surface area contributed by atoms with Gasteiger partial charge in [-0.3, -0.25) is 4.79 Å². The SMILES string of the molecule is CCCC(C)C(C)Sc1cc(C(=O)Nc2cc(F)c(F)c(F)c2)ccc1Cl. The zero-order chi connectivity index (χ0) is 20.1. The van der Waals surface area contributed by atoms with Gasteiger partial charge in [-0.1, -0.05) is 38.8 Å². The van der Waals surface area contributed by atoms with Crippen LogP contribution in [-0.2, 0) is 0 Å². The van der Waals surface area contributed by atoms with Gasteiger partial charge in [0.2, 0.25) is 0 Å². The summed E-state index contributed by atoms with van der Waals surface area (Å²) in [6.07, 6.45) is 2.18. The second kappa shape index (κ2) is 9.51. The molecule has 1 N–H and O–H groups in total. The first-order chi connectivity index (χ1) is 12.7. The van der Waals surface area contributed by atoms with Crippen molar-refractivity contribution in [1.82, 2.24) is 0 Å². The highest BCUT2D eigenvalue weighted by Crippen LogP contribution is 2.35. The minimum absolute atomic E-state index is 0.162. The van der Waals surface area contributed by atoms with Crippen LogP contribution in [0, 0.1) is 23.4 Å². The summed E-state index contributed by atoms with van der Waals surface area (Å²) in [4.78, 5) is 13.2. The summed E-state index contributed by atoms with van der Waals surface area (Å²) >= 11 is 7.83. The van der Waals surface area contributed by atoms with Gasteiger partial charge < -0.3 is 5.32 Å². The number of carbonyl (C=O) groups excluding carboxylic acids is 1. The average Bonchev–Trinajstić information content (AvgIpc) is 2.61. The molecule has 2 nitrogen and oxygen atoms in total. The molecule has 0 aromatic heterocycles. The number of hydrogen-bond donors (Lipinski definition) is 1. The van der Waals surface area contributed by atoms with Crippen LogP contribution in [0.1, 0.15) is 44.0 Å². The largest absolute Gasteiger partial charge is 0.322 e. The maximum atomic E-state index is 13.3. The third-order valence-corrected chi connectivity index (χ3v) is 6.16. The van der Waals surface area contributed by atoms with Crippen LogP contribution in [0.15, 0.2) is 35.2 Å². The van der Waals surface area contributed by atoms with Gasteiger partial charge >= 0.3 is 0 Å². The molecule has 0 aliphatic heterocycles. The zero-order valence-electron chi connectivity index (χ0n) is 15.3. The Morgan fingerprint density at radius 3 is 2.37 bits per heavy atom. The Bertz CT molecular complexity index is 808. The molecule has 7 heteroatoms. The molecule has 0 radical (unpaired) electrons. The summed E-state index contributed by atoms with van der Waals surface area (Å²) in [5.74, 6) is -4.38. The van der Waals surface area contributed by atoms with Crippen molar-refractivity contribution in [2.24, 2.45) is 5.92 Å². The number of nitrogens with one attached hydrogen (secondary N) is 1. The molecule has 0 saturated heterocycles. The highest BCUT2D eigenvalue weighted by molar-refractivity contribution is 8.00. The number of halogens is 4. The van der Waals surface area contributed by atoms with E-state index in [9.17, 15) is 18.0 Å². The van der Waals surface area contributed by atoms with E-state index in [0.29, 0.717) is 21.8 Å². The minimum atomic E-state index is -1.58. The molecule has 0 bridgehead atoms. The van der Waals surface area contributed by atoms with E-state index >= 15 is 0 Å². The van der Waals surface area contributed by atoms with Crippen molar-refractivity contribution in [3.05, 3.63) is 58.4 Å². The highest BCUT2D eigenvalue weighted by Gasteiger charge is 2.17. The molecule has 2 atom stereocenters. The number of rotatable bonds is 7.